The Morgan fingerprint density at radius 2 is 1.75 bits per heavy atom. The van der Waals surface area contributed by atoms with Gasteiger partial charge in [0, 0.05) is 11.5 Å². The highest BCUT2D eigenvalue weighted by Gasteiger charge is 2.18. The van der Waals surface area contributed by atoms with E-state index in [-0.39, 0.29) is 24.9 Å². The lowest BCUT2D eigenvalue weighted by molar-refractivity contribution is -0.123. The molecule has 9 heteroatoms. The number of halogens is 1. The third kappa shape index (κ3) is 7.66. The summed E-state index contributed by atoms with van der Waals surface area (Å²) in [6, 6.07) is 19.4. The van der Waals surface area contributed by atoms with Gasteiger partial charge in [-0.3, -0.25) is 4.79 Å². The Hall–Kier alpha value is -3.17. The Balaban J connectivity index is 1.26. The van der Waals surface area contributed by atoms with E-state index < -0.39 is 0 Å². The summed E-state index contributed by atoms with van der Waals surface area (Å²) < 4.78 is 30.7. The first-order valence-corrected chi connectivity index (χ1v) is 13.6. The van der Waals surface area contributed by atoms with Crippen molar-refractivity contribution in [1.29, 1.82) is 0 Å². The van der Waals surface area contributed by atoms with E-state index in [0.717, 1.165) is 11.1 Å². The first kappa shape index (κ1) is 25.9. The number of rotatable bonds is 11. The zero-order chi connectivity index (χ0) is 25.2. The summed E-state index contributed by atoms with van der Waals surface area (Å²) in [6.45, 7) is 2.49. The Labute approximate surface area is 218 Å². The Morgan fingerprint density at radius 3 is 2.47 bits per heavy atom. The average molecular weight is 527 g/mol. The number of hydrogen-bond acceptors (Lipinski definition) is 7. The molecule has 4 rings (SSSR count). The molecule has 36 heavy (non-hydrogen) atoms. The van der Waals surface area contributed by atoms with Crippen LogP contribution in [0.5, 0.6) is 17.2 Å². The van der Waals surface area contributed by atoms with Crippen LogP contribution in [0.25, 0.3) is 0 Å². The number of nitrogens with zero attached hydrogens (tertiary/aromatic N) is 1. The summed E-state index contributed by atoms with van der Waals surface area (Å²) in [7, 11) is 0. The SMILES string of the molecule is CCOc1cc(/C=N\NC(=O)COc2ccc(C3SCCS3)cc2)ccc1OCc1ccc(F)cc1. The lowest BCUT2D eigenvalue weighted by Gasteiger charge is -2.12. The fourth-order valence-electron chi connectivity index (χ4n) is 3.37. The molecular weight excluding hydrogens is 499 g/mol. The number of benzene rings is 3. The van der Waals surface area contributed by atoms with E-state index in [1.807, 2.05) is 54.7 Å². The summed E-state index contributed by atoms with van der Waals surface area (Å²) in [5, 5.41) is 4.01. The smallest absolute Gasteiger partial charge is 0.277 e. The Bertz CT molecular complexity index is 1170. The highest BCUT2D eigenvalue weighted by atomic mass is 32.2. The molecule has 0 aromatic heterocycles. The van der Waals surface area contributed by atoms with Crippen LogP contribution < -0.4 is 19.6 Å². The van der Waals surface area contributed by atoms with Crippen molar-refractivity contribution in [3.63, 3.8) is 0 Å². The zero-order valence-corrected chi connectivity index (χ0v) is 21.4. The van der Waals surface area contributed by atoms with Crippen LogP contribution in [0.4, 0.5) is 4.39 Å². The lowest BCUT2D eigenvalue weighted by Crippen LogP contribution is -2.24. The largest absolute Gasteiger partial charge is 0.490 e. The molecule has 3 aromatic carbocycles. The number of ether oxygens (including phenoxy) is 3. The predicted molar refractivity (Wildman–Crippen MR) is 144 cm³/mol. The highest BCUT2D eigenvalue weighted by molar-refractivity contribution is 8.19. The van der Waals surface area contributed by atoms with Crippen LogP contribution in [0.1, 0.15) is 28.2 Å². The molecule has 1 fully saturated rings. The van der Waals surface area contributed by atoms with Crippen LogP contribution >= 0.6 is 23.5 Å². The molecule has 1 aliphatic heterocycles. The molecule has 0 radical (unpaired) electrons. The molecular formula is C27H27FN2O4S2. The van der Waals surface area contributed by atoms with Crippen LogP contribution in [-0.2, 0) is 11.4 Å². The fraction of sp³-hybridized carbons (Fsp3) is 0.259. The maximum atomic E-state index is 13.1. The molecule has 0 bridgehead atoms. The summed E-state index contributed by atoms with van der Waals surface area (Å²) >= 11 is 3.90. The van der Waals surface area contributed by atoms with Crippen LogP contribution in [0.2, 0.25) is 0 Å². The first-order chi connectivity index (χ1) is 17.6. The molecule has 3 aromatic rings. The van der Waals surface area contributed by atoms with E-state index in [2.05, 4.69) is 10.5 Å². The van der Waals surface area contributed by atoms with Crippen molar-refractivity contribution < 1.29 is 23.4 Å². The molecule has 0 saturated carbocycles. The van der Waals surface area contributed by atoms with E-state index in [0.29, 0.717) is 28.4 Å². The van der Waals surface area contributed by atoms with Gasteiger partial charge in [0.25, 0.3) is 5.91 Å². The normalized spacial score (nSPS) is 13.6. The number of carbonyl (C=O) groups excluding carboxylic acids is 1. The number of hydrogen-bond donors (Lipinski definition) is 1. The van der Waals surface area contributed by atoms with Crippen molar-refractivity contribution in [2.45, 2.75) is 18.1 Å². The van der Waals surface area contributed by atoms with Crippen LogP contribution in [-0.4, -0.2) is 36.8 Å². The number of amides is 1. The number of carbonyl (C=O) groups is 1. The molecule has 1 amide bonds. The Kier molecular flexibility index (Phi) is 9.52. The molecule has 0 spiro atoms. The number of nitrogens with one attached hydrogen (secondary N) is 1. The van der Waals surface area contributed by atoms with E-state index >= 15 is 0 Å². The Morgan fingerprint density at radius 1 is 1.00 bits per heavy atom. The summed E-state index contributed by atoms with van der Waals surface area (Å²) in [4.78, 5) is 12.1. The van der Waals surface area contributed by atoms with Crippen LogP contribution in [0.3, 0.4) is 0 Å². The van der Waals surface area contributed by atoms with E-state index in [1.165, 1.54) is 35.4 Å². The topological polar surface area (TPSA) is 69.2 Å². The summed E-state index contributed by atoms with van der Waals surface area (Å²) in [5.41, 5.74) is 5.31. The first-order valence-electron chi connectivity index (χ1n) is 11.5. The van der Waals surface area contributed by atoms with Gasteiger partial charge in [-0.05, 0) is 66.1 Å². The molecule has 0 aliphatic carbocycles. The minimum Gasteiger partial charge on any atom is -0.490 e. The quantitative estimate of drug-likeness (QED) is 0.251. The molecule has 188 valence electrons. The van der Waals surface area contributed by atoms with Crippen molar-refractivity contribution in [2.75, 3.05) is 24.7 Å². The zero-order valence-electron chi connectivity index (χ0n) is 19.8. The van der Waals surface area contributed by atoms with Gasteiger partial charge in [-0.15, -0.1) is 23.5 Å². The van der Waals surface area contributed by atoms with Crippen LogP contribution in [0, 0.1) is 5.82 Å². The molecule has 1 N–H and O–H groups in total. The van der Waals surface area contributed by atoms with Gasteiger partial charge in [0.2, 0.25) is 0 Å². The molecule has 1 heterocycles. The second-order valence-electron chi connectivity index (χ2n) is 7.78. The fourth-order valence-corrected chi connectivity index (χ4v) is 6.23. The van der Waals surface area contributed by atoms with Crippen molar-refractivity contribution in [1.82, 2.24) is 5.43 Å². The number of hydrazone groups is 1. The maximum Gasteiger partial charge on any atom is 0.277 e. The van der Waals surface area contributed by atoms with E-state index in [4.69, 9.17) is 14.2 Å². The summed E-state index contributed by atoms with van der Waals surface area (Å²) in [5.74, 6) is 3.46. The van der Waals surface area contributed by atoms with Gasteiger partial charge >= 0.3 is 0 Å². The molecule has 6 nitrogen and oxygen atoms in total. The second-order valence-corrected chi connectivity index (χ2v) is 10.5. The van der Waals surface area contributed by atoms with Gasteiger partial charge in [0.1, 0.15) is 18.2 Å². The van der Waals surface area contributed by atoms with Crippen molar-refractivity contribution in [3.05, 3.63) is 89.2 Å². The van der Waals surface area contributed by atoms with Crippen molar-refractivity contribution in [3.8, 4) is 17.2 Å². The average Bonchev–Trinajstić information content (AvgIpc) is 3.44. The molecule has 0 unspecified atom stereocenters. The number of thioether (sulfide) groups is 2. The van der Waals surface area contributed by atoms with Gasteiger partial charge in [-0.25, -0.2) is 9.82 Å². The third-order valence-electron chi connectivity index (χ3n) is 5.12. The van der Waals surface area contributed by atoms with Gasteiger partial charge < -0.3 is 14.2 Å². The molecule has 1 aliphatic rings. The molecule has 0 atom stereocenters. The third-order valence-corrected chi connectivity index (χ3v) is 8.23. The predicted octanol–water partition coefficient (Wildman–Crippen LogP) is 5.81. The van der Waals surface area contributed by atoms with Gasteiger partial charge in [0.15, 0.2) is 18.1 Å². The minimum atomic E-state index is -0.360. The monoisotopic (exact) mass is 526 g/mol. The lowest BCUT2D eigenvalue weighted by atomic mass is 10.2. The van der Waals surface area contributed by atoms with Crippen LogP contribution in [0.15, 0.2) is 71.8 Å². The summed E-state index contributed by atoms with van der Waals surface area (Å²) in [6.07, 6.45) is 1.52. The van der Waals surface area contributed by atoms with Gasteiger partial charge in [-0.1, -0.05) is 24.3 Å². The second kappa shape index (κ2) is 13.2. The highest BCUT2D eigenvalue weighted by Crippen LogP contribution is 2.45. The molecule has 1 saturated heterocycles. The van der Waals surface area contributed by atoms with E-state index in [1.54, 1.807) is 30.3 Å². The standard InChI is InChI=1S/C27H27FN2O4S2/c1-2-32-25-15-20(5-12-24(25)34-17-19-3-8-22(28)9-4-19)16-29-30-26(31)18-33-23-10-6-21(7-11-23)27-35-13-14-36-27/h3-12,15-16,27H,2,13-14,17-18H2,1H3,(H,30,31)/b29-16-. The minimum absolute atomic E-state index is 0.135. The van der Waals surface area contributed by atoms with Crippen molar-refractivity contribution >= 4 is 35.6 Å². The maximum absolute atomic E-state index is 13.1. The van der Waals surface area contributed by atoms with E-state index in [9.17, 15) is 9.18 Å². The van der Waals surface area contributed by atoms with Gasteiger partial charge in [-0.2, -0.15) is 5.10 Å². The van der Waals surface area contributed by atoms with Gasteiger partial charge in [0.05, 0.1) is 17.4 Å². The van der Waals surface area contributed by atoms with Crippen molar-refractivity contribution in [2.24, 2.45) is 5.10 Å².